The van der Waals surface area contributed by atoms with Crippen LogP contribution >= 0.6 is 0 Å². The van der Waals surface area contributed by atoms with Gasteiger partial charge in [0.05, 0.1) is 12.9 Å². The molecular formula is C20H23NO7. The zero-order chi connectivity index (χ0) is 19.7. The van der Waals surface area contributed by atoms with Gasteiger partial charge >= 0.3 is 0 Å². The van der Waals surface area contributed by atoms with Crippen LogP contribution in [0.25, 0.3) is 0 Å². The van der Waals surface area contributed by atoms with E-state index >= 15 is 0 Å². The summed E-state index contributed by atoms with van der Waals surface area (Å²) in [7, 11) is 0. The topological polar surface area (TPSA) is 99.4 Å². The molecule has 2 aromatic rings. The van der Waals surface area contributed by atoms with Crippen LogP contribution in [0.5, 0.6) is 5.75 Å². The molecule has 1 amide bonds. The Bertz CT molecular complexity index is 809. The van der Waals surface area contributed by atoms with Crippen LogP contribution in [0.2, 0.25) is 0 Å². The molecule has 150 valence electrons. The maximum atomic E-state index is 11.7. The summed E-state index contributed by atoms with van der Waals surface area (Å²) in [6.45, 7) is 3.51. The van der Waals surface area contributed by atoms with Gasteiger partial charge in [0.25, 0.3) is 0 Å². The third kappa shape index (κ3) is 3.90. The van der Waals surface area contributed by atoms with Crippen molar-refractivity contribution in [3.8, 4) is 5.75 Å². The number of fused-ring (bicyclic) bond motifs is 1. The van der Waals surface area contributed by atoms with E-state index in [1.807, 2.05) is 25.1 Å². The summed E-state index contributed by atoms with van der Waals surface area (Å²) in [4.78, 5) is 11.7. The second kappa shape index (κ2) is 7.92. The van der Waals surface area contributed by atoms with Gasteiger partial charge in [0.15, 0.2) is 5.76 Å². The normalized spacial score (nSPS) is 32.4. The van der Waals surface area contributed by atoms with E-state index in [-0.39, 0.29) is 12.5 Å². The number of rotatable bonds is 4. The molecule has 4 rings (SSSR count). The Morgan fingerprint density at radius 3 is 2.82 bits per heavy atom. The number of carbonyl (C=O) groups excluding carboxylic acids is 1. The highest BCUT2D eigenvalue weighted by molar-refractivity contribution is 5.73. The molecule has 8 heteroatoms. The van der Waals surface area contributed by atoms with Crippen molar-refractivity contribution in [1.82, 2.24) is 5.32 Å². The molecule has 28 heavy (non-hydrogen) atoms. The molecule has 0 aliphatic carbocycles. The highest BCUT2D eigenvalue weighted by Crippen LogP contribution is 2.35. The Balaban J connectivity index is 1.54. The molecule has 0 saturated carbocycles. The van der Waals surface area contributed by atoms with Gasteiger partial charge in [0.2, 0.25) is 18.5 Å². The van der Waals surface area contributed by atoms with Gasteiger partial charge in [0, 0.05) is 6.92 Å². The zero-order valence-electron chi connectivity index (χ0n) is 15.6. The van der Waals surface area contributed by atoms with E-state index in [1.165, 1.54) is 13.2 Å². The van der Waals surface area contributed by atoms with Crippen LogP contribution in [0.1, 0.15) is 24.5 Å². The Kier molecular flexibility index (Phi) is 5.36. The predicted molar refractivity (Wildman–Crippen MR) is 96.4 cm³/mol. The van der Waals surface area contributed by atoms with E-state index in [1.54, 1.807) is 18.2 Å². The lowest BCUT2D eigenvalue weighted by Crippen LogP contribution is -2.67. The van der Waals surface area contributed by atoms with Gasteiger partial charge in [-0.2, -0.15) is 0 Å². The number of aliphatic hydroxyl groups excluding tert-OH is 1. The first-order chi connectivity index (χ1) is 13.5. The van der Waals surface area contributed by atoms with Crippen molar-refractivity contribution >= 4 is 5.91 Å². The summed E-state index contributed by atoms with van der Waals surface area (Å²) >= 11 is 0. The monoisotopic (exact) mass is 389 g/mol. The first-order valence-corrected chi connectivity index (χ1v) is 9.15. The molecule has 1 aromatic heterocycles. The number of hydrogen-bond acceptors (Lipinski definition) is 7. The summed E-state index contributed by atoms with van der Waals surface area (Å²) in [6.07, 6.45) is -2.44. The molecule has 0 spiro atoms. The smallest absolute Gasteiger partial charge is 0.223 e. The molecule has 2 N–H and O–H groups in total. The minimum Gasteiger partial charge on any atom is -0.464 e. The van der Waals surface area contributed by atoms with Crippen molar-refractivity contribution in [3.63, 3.8) is 0 Å². The Hall–Kier alpha value is -2.39. The van der Waals surface area contributed by atoms with Crippen LogP contribution in [0.15, 0.2) is 47.1 Å². The van der Waals surface area contributed by atoms with Gasteiger partial charge in [-0.1, -0.05) is 12.1 Å². The van der Waals surface area contributed by atoms with Crippen molar-refractivity contribution in [3.05, 3.63) is 54.0 Å². The minimum atomic E-state index is -1.06. The van der Waals surface area contributed by atoms with Crippen LogP contribution in [0.4, 0.5) is 0 Å². The summed E-state index contributed by atoms with van der Waals surface area (Å²) in [5.74, 6) is 0.774. The summed E-state index contributed by atoms with van der Waals surface area (Å²) in [5, 5.41) is 13.7. The lowest BCUT2D eigenvalue weighted by atomic mass is 9.96. The molecule has 0 unspecified atom stereocenters. The fourth-order valence-electron chi connectivity index (χ4n) is 3.47. The molecule has 2 saturated heterocycles. The average Bonchev–Trinajstić information content (AvgIpc) is 3.19. The van der Waals surface area contributed by atoms with Crippen molar-refractivity contribution in [1.29, 1.82) is 0 Å². The van der Waals surface area contributed by atoms with Crippen molar-refractivity contribution in [2.75, 3.05) is 6.61 Å². The van der Waals surface area contributed by atoms with Crippen LogP contribution < -0.4 is 10.1 Å². The van der Waals surface area contributed by atoms with E-state index in [9.17, 15) is 9.90 Å². The Labute approximate surface area is 162 Å². The zero-order valence-corrected chi connectivity index (χ0v) is 15.6. The lowest BCUT2D eigenvalue weighted by molar-refractivity contribution is -0.336. The summed E-state index contributed by atoms with van der Waals surface area (Å²) < 4.78 is 28.8. The van der Waals surface area contributed by atoms with Crippen molar-refractivity contribution < 1.29 is 33.3 Å². The fourth-order valence-corrected chi connectivity index (χ4v) is 3.47. The molecule has 8 nitrogen and oxygen atoms in total. The number of benzene rings is 1. The van der Waals surface area contributed by atoms with Gasteiger partial charge in [-0.05, 0) is 36.8 Å². The molecular weight excluding hydrogens is 366 g/mol. The van der Waals surface area contributed by atoms with Gasteiger partial charge in [-0.15, -0.1) is 0 Å². The van der Waals surface area contributed by atoms with Crippen molar-refractivity contribution in [2.45, 2.75) is 50.8 Å². The van der Waals surface area contributed by atoms with E-state index < -0.39 is 36.9 Å². The Morgan fingerprint density at radius 1 is 1.25 bits per heavy atom. The number of furan rings is 1. The van der Waals surface area contributed by atoms with Gasteiger partial charge in [-0.25, -0.2) is 0 Å². The first-order valence-electron chi connectivity index (χ1n) is 9.15. The largest absolute Gasteiger partial charge is 0.464 e. The second-order valence-electron chi connectivity index (χ2n) is 6.98. The van der Waals surface area contributed by atoms with E-state index in [2.05, 4.69) is 5.32 Å². The van der Waals surface area contributed by atoms with Gasteiger partial charge in [0.1, 0.15) is 30.1 Å². The van der Waals surface area contributed by atoms with Crippen LogP contribution in [-0.4, -0.2) is 48.3 Å². The molecule has 2 fully saturated rings. The standard InChI is InChI=1S/C20H23NO7/c1-11-5-3-6-13(9-11)26-20-16(21-12(2)22)17(23)18-15(27-20)10-25-19(28-18)14-7-4-8-24-14/h3-9,15-20,23H,10H2,1-2H3,(H,21,22)/t15-,16+,17+,18+,19+,20-/m1/s1. The van der Waals surface area contributed by atoms with E-state index in [4.69, 9.17) is 23.4 Å². The number of aliphatic hydroxyl groups is 1. The molecule has 2 aliphatic rings. The quantitative estimate of drug-likeness (QED) is 0.821. The highest BCUT2D eigenvalue weighted by atomic mass is 16.8. The molecule has 6 atom stereocenters. The third-order valence-corrected chi connectivity index (χ3v) is 4.75. The average molecular weight is 389 g/mol. The third-order valence-electron chi connectivity index (χ3n) is 4.75. The lowest BCUT2D eigenvalue weighted by Gasteiger charge is -2.47. The maximum Gasteiger partial charge on any atom is 0.223 e. The van der Waals surface area contributed by atoms with Crippen LogP contribution in [0.3, 0.4) is 0 Å². The SMILES string of the molecule is CC(=O)N[C@@H]1[C@H](Oc2cccc(C)c2)O[C@@H]2CO[C@H](c3ccco3)O[C@@H]2[C@H]1O. The molecule has 0 bridgehead atoms. The molecule has 1 aromatic carbocycles. The molecule has 0 radical (unpaired) electrons. The number of hydrogen-bond donors (Lipinski definition) is 2. The number of aryl methyl sites for hydroxylation is 1. The fraction of sp³-hybridized carbons (Fsp3) is 0.450. The number of ether oxygens (including phenoxy) is 4. The predicted octanol–water partition coefficient (Wildman–Crippen LogP) is 1.67. The summed E-state index contributed by atoms with van der Waals surface area (Å²) in [5.41, 5.74) is 1.02. The first kappa shape index (κ1) is 18.9. The number of amides is 1. The number of carbonyl (C=O) groups is 1. The molecule has 3 heterocycles. The number of nitrogens with one attached hydrogen (secondary N) is 1. The van der Waals surface area contributed by atoms with Gasteiger partial charge in [-0.3, -0.25) is 4.79 Å². The van der Waals surface area contributed by atoms with Gasteiger partial charge < -0.3 is 33.8 Å². The second-order valence-corrected chi connectivity index (χ2v) is 6.98. The molecule has 2 aliphatic heterocycles. The Morgan fingerprint density at radius 2 is 2.11 bits per heavy atom. The van der Waals surface area contributed by atoms with Crippen molar-refractivity contribution in [2.24, 2.45) is 0 Å². The van der Waals surface area contributed by atoms with E-state index in [0.717, 1.165) is 5.56 Å². The maximum absolute atomic E-state index is 11.7. The summed E-state index contributed by atoms with van der Waals surface area (Å²) in [6, 6.07) is 10.1. The van der Waals surface area contributed by atoms with Crippen LogP contribution in [0, 0.1) is 6.92 Å². The minimum absolute atomic E-state index is 0.188. The van der Waals surface area contributed by atoms with E-state index in [0.29, 0.717) is 11.5 Å². The van der Waals surface area contributed by atoms with Crippen LogP contribution in [-0.2, 0) is 19.0 Å². The highest BCUT2D eigenvalue weighted by Gasteiger charge is 2.51.